The van der Waals surface area contributed by atoms with Crippen molar-refractivity contribution in [1.29, 1.82) is 0 Å². The number of nitrogens with zero attached hydrogens (tertiary/aromatic N) is 1. The normalized spacial score (nSPS) is 14.8. The molecule has 16 heavy (non-hydrogen) atoms. The Kier molecular flexibility index (Phi) is 3.10. The number of carbonyl (C=O) groups excluding carboxylic acids is 1. The Hall–Kier alpha value is -1.55. The first kappa shape index (κ1) is 11.0. The lowest BCUT2D eigenvalue weighted by Crippen LogP contribution is -2.35. The third kappa shape index (κ3) is 2.17. The van der Waals surface area contributed by atoms with Crippen molar-refractivity contribution in [3.63, 3.8) is 0 Å². The van der Waals surface area contributed by atoms with Gasteiger partial charge in [-0.3, -0.25) is 4.79 Å². The summed E-state index contributed by atoms with van der Waals surface area (Å²) in [4.78, 5) is 13.7. The van der Waals surface area contributed by atoms with E-state index in [4.69, 9.17) is 5.11 Å². The molecule has 0 radical (unpaired) electrons. The SMILES string of the molecule is O=C(c1ccccc1O)N(CCO)C1CC1. The Morgan fingerprint density at radius 1 is 1.38 bits per heavy atom. The molecule has 0 bridgehead atoms. The highest BCUT2D eigenvalue weighted by atomic mass is 16.3. The summed E-state index contributed by atoms with van der Waals surface area (Å²) in [6, 6.07) is 6.73. The third-order valence-electron chi connectivity index (χ3n) is 2.72. The molecule has 1 aromatic carbocycles. The number of rotatable bonds is 4. The second-order valence-electron chi connectivity index (χ2n) is 3.97. The van der Waals surface area contributed by atoms with Gasteiger partial charge in [0.15, 0.2) is 0 Å². The Balaban J connectivity index is 2.19. The molecule has 0 heterocycles. The van der Waals surface area contributed by atoms with Gasteiger partial charge in [-0.05, 0) is 25.0 Å². The van der Waals surface area contributed by atoms with Crippen LogP contribution in [0, 0.1) is 0 Å². The van der Waals surface area contributed by atoms with E-state index in [-0.39, 0.29) is 24.3 Å². The summed E-state index contributed by atoms with van der Waals surface area (Å²) >= 11 is 0. The summed E-state index contributed by atoms with van der Waals surface area (Å²) in [6.07, 6.45) is 1.97. The van der Waals surface area contributed by atoms with Crippen LogP contribution in [-0.2, 0) is 0 Å². The Morgan fingerprint density at radius 3 is 2.62 bits per heavy atom. The van der Waals surface area contributed by atoms with E-state index < -0.39 is 0 Å². The molecular formula is C12H15NO3. The number of carbonyl (C=O) groups is 1. The third-order valence-corrected chi connectivity index (χ3v) is 2.72. The minimum Gasteiger partial charge on any atom is -0.507 e. The van der Waals surface area contributed by atoms with E-state index >= 15 is 0 Å². The molecule has 0 unspecified atom stereocenters. The second-order valence-corrected chi connectivity index (χ2v) is 3.97. The van der Waals surface area contributed by atoms with Crippen LogP contribution in [0.25, 0.3) is 0 Å². The van der Waals surface area contributed by atoms with Crippen molar-refractivity contribution >= 4 is 5.91 Å². The number of aliphatic hydroxyl groups is 1. The first-order valence-electron chi connectivity index (χ1n) is 5.44. The van der Waals surface area contributed by atoms with Crippen LogP contribution in [0.5, 0.6) is 5.75 Å². The molecule has 1 aromatic rings. The molecule has 1 amide bonds. The number of phenolic OH excluding ortho intramolecular Hbond substituents is 1. The molecule has 2 rings (SSSR count). The van der Waals surface area contributed by atoms with Gasteiger partial charge in [-0.1, -0.05) is 12.1 Å². The van der Waals surface area contributed by atoms with Gasteiger partial charge in [0.2, 0.25) is 0 Å². The Bertz CT molecular complexity index is 388. The number of hydrogen-bond donors (Lipinski definition) is 2. The van der Waals surface area contributed by atoms with Crippen LogP contribution >= 0.6 is 0 Å². The van der Waals surface area contributed by atoms with Gasteiger partial charge in [-0.25, -0.2) is 0 Å². The van der Waals surface area contributed by atoms with Crippen LogP contribution in [-0.4, -0.2) is 40.2 Å². The Labute approximate surface area is 94.1 Å². The van der Waals surface area contributed by atoms with Gasteiger partial charge in [0.1, 0.15) is 5.75 Å². The molecule has 1 aliphatic rings. The van der Waals surface area contributed by atoms with Crippen molar-refractivity contribution < 1.29 is 15.0 Å². The fraction of sp³-hybridized carbons (Fsp3) is 0.417. The van der Waals surface area contributed by atoms with Gasteiger partial charge in [-0.15, -0.1) is 0 Å². The first-order valence-corrected chi connectivity index (χ1v) is 5.44. The van der Waals surface area contributed by atoms with Crippen molar-refractivity contribution in [1.82, 2.24) is 4.90 Å². The van der Waals surface area contributed by atoms with Gasteiger partial charge in [-0.2, -0.15) is 0 Å². The molecule has 1 saturated carbocycles. The first-order chi connectivity index (χ1) is 7.74. The van der Waals surface area contributed by atoms with Crippen LogP contribution < -0.4 is 0 Å². The number of phenols is 1. The molecule has 0 aromatic heterocycles. The number of benzene rings is 1. The number of aliphatic hydroxyl groups excluding tert-OH is 1. The van der Waals surface area contributed by atoms with Gasteiger partial charge in [0, 0.05) is 12.6 Å². The summed E-state index contributed by atoms with van der Waals surface area (Å²) in [6.45, 7) is 0.285. The van der Waals surface area contributed by atoms with E-state index in [2.05, 4.69) is 0 Å². The summed E-state index contributed by atoms with van der Waals surface area (Å²) in [5.74, 6) is -0.203. The number of amides is 1. The molecule has 0 saturated heterocycles. The fourth-order valence-electron chi connectivity index (χ4n) is 1.75. The van der Waals surface area contributed by atoms with Crippen LogP contribution in [0.15, 0.2) is 24.3 Å². The predicted molar refractivity (Wildman–Crippen MR) is 59.3 cm³/mol. The van der Waals surface area contributed by atoms with Gasteiger partial charge in [0.05, 0.1) is 12.2 Å². The van der Waals surface area contributed by atoms with E-state index in [9.17, 15) is 9.90 Å². The molecule has 4 nitrogen and oxygen atoms in total. The summed E-state index contributed by atoms with van der Waals surface area (Å²) in [7, 11) is 0. The monoisotopic (exact) mass is 221 g/mol. The fourth-order valence-corrected chi connectivity index (χ4v) is 1.75. The van der Waals surface area contributed by atoms with Crippen molar-refractivity contribution in [2.45, 2.75) is 18.9 Å². The highest BCUT2D eigenvalue weighted by molar-refractivity contribution is 5.97. The van der Waals surface area contributed by atoms with E-state index in [0.29, 0.717) is 12.1 Å². The predicted octanol–water partition coefficient (Wildman–Crippen LogP) is 0.989. The zero-order chi connectivity index (χ0) is 11.5. The zero-order valence-electron chi connectivity index (χ0n) is 8.97. The number of aromatic hydroxyl groups is 1. The highest BCUT2D eigenvalue weighted by Gasteiger charge is 2.33. The van der Waals surface area contributed by atoms with Crippen LogP contribution in [0.4, 0.5) is 0 Å². The summed E-state index contributed by atoms with van der Waals surface area (Å²) in [5.41, 5.74) is 0.308. The molecular weight excluding hydrogens is 206 g/mol. The standard InChI is InChI=1S/C12H15NO3/c14-8-7-13(9-5-6-9)12(16)10-3-1-2-4-11(10)15/h1-4,9,14-15H,5-8H2. The molecule has 0 spiro atoms. The molecule has 1 fully saturated rings. The number of hydrogen-bond acceptors (Lipinski definition) is 3. The average Bonchev–Trinajstić information content (AvgIpc) is 3.09. The van der Waals surface area contributed by atoms with Crippen molar-refractivity contribution in [2.75, 3.05) is 13.2 Å². The maximum atomic E-state index is 12.1. The van der Waals surface area contributed by atoms with Crippen molar-refractivity contribution in [2.24, 2.45) is 0 Å². The second kappa shape index (κ2) is 4.53. The van der Waals surface area contributed by atoms with Crippen LogP contribution in [0.1, 0.15) is 23.2 Å². The lowest BCUT2D eigenvalue weighted by molar-refractivity contribution is 0.0704. The van der Waals surface area contributed by atoms with Gasteiger partial charge >= 0.3 is 0 Å². The quantitative estimate of drug-likeness (QED) is 0.797. The van der Waals surface area contributed by atoms with Crippen molar-refractivity contribution in [3.05, 3.63) is 29.8 Å². The smallest absolute Gasteiger partial charge is 0.257 e. The lowest BCUT2D eigenvalue weighted by Gasteiger charge is -2.21. The molecule has 4 heteroatoms. The van der Waals surface area contributed by atoms with Crippen LogP contribution in [0.3, 0.4) is 0 Å². The molecule has 0 atom stereocenters. The molecule has 2 N–H and O–H groups in total. The number of para-hydroxylation sites is 1. The molecule has 0 aliphatic heterocycles. The summed E-state index contributed by atoms with van der Waals surface area (Å²) < 4.78 is 0. The molecule has 1 aliphatic carbocycles. The van der Waals surface area contributed by atoms with Gasteiger partial charge < -0.3 is 15.1 Å². The maximum Gasteiger partial charge on any atom is 0.257 e. The zero-order valence-corrected chi connectivity index (χ0v) is 8.97. The molecule has 86 valence electrons. The van der Waals surface area contributed by atoms with Crippen molar-refractivity contribution in [3.8, 4) is 5.75 Å². The van der Waals surface area contributed by atoms with Gasteiger partial charge in [0.25, 0.3) is 5.91 Å². The minimum atomic E-state index is -0.199. The van der Waals surface area contributed by atoms with E-state index in [1.165, 1.54) is 6.07 Å². The van der Waals surface area contributed by atoms with E-state index in [0.717, 1.165) is 12.8 Å². The minimum absolute atomic E-state index is 0.00362. The summed E-state index contributed by atoms with van der Waals surface area (Å²) in [5, 5.41) is 18.5. The van der Waals surface area contributed by atoms with E-state index in [1.807, 2.05) is 0 Å². The maximum absolute atomic E-state index is 12.1. The topological polar surface area (TPSA) is 60.8 Å². The average molecular weight is 221 g/mol. The Morgan fingerprint density at radius 2 is 2.06 bits per heavy atom. The highest BCUT2D eigenvalue weighted by Crippen LogP contribution is 2.29. The van der Waals surface area contributed by atoms with Crippen LogP contribution in [0.2, 0.25) is 0 Å². The van der Waals surface area contributed by atoms with E-state index in [1.54, 1.807) is 23.1 Å². The largest absolute Gasteiger partial charge is 0.507 e. The lowest BCUT2D eigenvalue weighted by atomic mass is 10.1.